The molecule has 7 heteroatoms. The second-order valence-electron chi connectivity index (χ2n) is 5.68. The van der Waals surface area contributed by atoms with Gasteiger partial charge in [-0.2, -0.15) is 0 Å². The van der Waals surface area contributed by atoms with E-state index in [9.17, 15) is 9.67 Å². The van der Waals surface area contributed by atoms with E-state index in [1.54, 1.807) is 13.1 Å². The van der Waals surface area contributed by atoms with Gasteiger partial charge >= 0.3 is 0 Å². The molecule has 3 atom stereocenters. The second kappa shape index (κ2) is 5.05. The molecular weight excluding hydrogens is 289 g/mol. The molecule has 0 spiro atoms. The molecule has 0 bridgehead atoms. The molecule has 1 saturated heterocycles. The molecular formula is C14H18N3O3P. The lowest BCUT2D eigenvalue weighted by atomic mass is 10.0. The Bertz CT molecular complexity index is 684. The molecule has 112 valence electrons. The van der Waals surface area contributed by atoms with Gasteiger partial charge in [0, 0.05) is 11.5 Å². The van der Waals surface area contributed by atoms with E-state index in [2.05, 4.69) is 10.3 Å². The van der Waals surface area contributed by atoms with Crippen LogP contribution >= 0.6 is 7.14 Å². The predicted octanol–water partition coefficient (Wildman–Crippen LogP) is 1.11. The fourth-order valence-corrected chi connectivity index (χ4v) is 6.79. The quantitative estimate of drug-likeness (QED) is 0.829. The number of benzene rings is 1. The maximum atomic E-state index is 13.5. The van der Waals surface area contributed by atoms with Crippen LogP contribution in [0, 0.1) is 0 Å². The van der Waals surface area contributed by atoms with Gasteiger partial charge in [-0.05, 0) is 13.3 Å². The molecule has 3 rings (SSSR count). The van der Waals surface area contributed by atoms with Crippen LogP contribution in [0.5, 0.6) is 0 Å². The lowest BCUT2D eigenvalue weighted by molar-refractivity contribution is 0.0371. The molecule has 2 aromatic rings. The average molecular weight is 307 g/mol. The molecule has 1 aromatic carbocycles. The zero-order valence-electron chi connectivity index (χ0n) is 11.8. The van der Waals surface area contributed by atoms with Crippen molar-refractivity contribution in [2.24, 2.45) is 0 Å². The summed E-state index contributed by atoms with van der Waals surface area (Å²) in [5.74, 6) is -0.653. The van der Waals surface area contributed by atoms with Crippen molar-refractivity contribution >= 4 is 12.4 Å². The summed E-state index contributed by atoms with van der Waals surface area (Å²) in [6.07, 6.45) is 2.43. The van der Waals surface area contributed by atoms with Gasteiger partial charge in [0.15, 0.2) is 0 Å². The first-order chi connectivity index (χ1) is 9.97. The van der Waals surface area contributed by atoms with Gasteiger partial charge in [-0.15, -0.1) is 5.10 Å². The summed E-state index contributed by atoms with van der Waals surface area (Å²) in [5, 5.41) is 28.3. The molecule has 0 amide bonds. The van der Waals surface area contributed by atoms with Crippen LogP contribution in [0.1, 0.15) is 24.8 Å². The predicted molar refractivity (Wildman–Crippen MR) is 78.8 cm³/mol. The van der Waals surface area contributed by atoms with Crippen LogP contribution in [-0.4, -0.2) is 37.0 Å². The first kappa shape index (κ1) is 14.4. The Labute approximate surface area is 122 Å². The second-order valence-corrected chi connectivity index (χ2v) is 8.73. The molecule has 1 fully saturated rings. The summed E-state index contributed by atoms with van der Waals surface area (Å²) in [5.41, 5.74) is -0.719. The summed E-state index contributed by atoms with van der Waals surface area (Å²) in [6.45, 7) is 1.45. The van der Waals surface area contributed by atoms with Gasteiger partial charge < -0.3 is 14.8 Å². The van der Waals surface area contributed by atoms with Crippen LogP contribution in [0.2, 0.25) is 0 Å². The maximum absolute atomic E-state index is 13.5. The summed E-state index contributed by atoms with van der Waals surface area (Å²) in [6, 6.07) is 9.23. The topological polar surface area (TPSA) is 88.2 Å². The normalized spacial score (nSPS) is 32.4. The minimum absolute atomic E-state index is 0.232. The van der Waals surface area contributed by atoms with Crippen LogP contribution in [0.25, 0.3) is 0 Å². The minimum atomic E-state index is -2.84. The minimum Gasteiger partial charge on any atom is -0.390 e. The number of hydrogen-bond donors (Lipinski definition) is 2. The van der Waals surface area contributed by atoms with Crippen LogP contribution < -0.4 is 5.30 Å². The Kier molecular flexibility index (Phi) is 3.48. The molecule has 0 saturated carbocycles. The summed E-state index contributed by atoms with van der Waals surface area (Å²) in [4.78, 5) is 0. The molecule has 1 aliphatic rings. The number of hydrogen-bond acceptors (Lipinski definition) is 5. The third-order valence-electron chi connectivity index (χ3n) is 4.07. The number of aliphatic hydroxyl groups excluding tert-OH is 1. The zero-order valence-corrected chi connectivity index (χ0v) is 12.6. The smallest absolute Gasteiger partial charge is 0.142 e. The third-order valence-corrected chi connectivity index (χ3v) is 7.71. The maximum Gasteiger partial charge on any atom is 0.142 e. The summed E-state index contributed by atoms with van der Waals surface area (Å²) < 4.78 is 15.0. The van der Waals surface area contributed by atoms with Gasteiger partial charge in [0.2, 0.25) is 0 Å². The van der Waals surface area contributed by atoms with Crippen molar-refractivity contribution in [2.45, 2.75) is 31.3 Å². The van der Waals surface area contributed by atoms with Crippen molar-refractivity contribution in [1.82, 2.24) is 15.0 Å². The van der Waals surface area contributed by atoms with Crippen molar-refractivity contribution in [2.75, 3.05) is 6.16 Å². The van der Waals surface area contributed by atoms with E-state index in [4.69, 9.17) is 5.11 Å². The van der Waals surface area contributed by atoms with Crippen LogP contribution in [0.15, 0.2) is 36.5 Å². The van der Waals surface area contributed by atoms with E-state index in [0.717, 1.165) is 5.30 Å². The molecule has 6 nitrogen and oxygen atoms in total. The SMILES string of the molecule is C[C@@]1(O)CCP(=O)(c2ccccc2)[C@H]1n1cc(CO)nn1. The largest absolute Gasteiger partial charge is 0.390 e. The Morgan fingerprint density at radius 2 is 2.14 bits per heavy atom. The fourth-order valence-electron chi connectivity index (χ4n) is 3.03. The Hall–Kier alpha value is -1.49. The summed E-state index contributed by atoms with van der Waals surface area (Å²) in [7, 11) is -2.84. The highest BCUT2D eigenvalue weighted by Gasteiger charge is 2.54. The highest BCUT2D eigenvalue weighted by atomic mass is 31.2. The molecule has 1 aromatic heterocycles. The Morgan fingerprint density at radius 3 is 2.76 bits per heavy atom. The van der Waals surface area contributed by atoms with Crippen LogP contribution in [0.4, 0.5) is 0 Å². The van der Waals surface area contributed by atoms with Crippen molar-refractivity contribution in [3.05, 3.63) is 42.2 Å². The van der Waals surface area contributed by atoms with Crippen LogP contribution in [-0.2, 0) is 11.2 Å². The molecule has 1 aliphatic heterocycles. The van der Waals surface area contributed by atoms with E-state index >= 15 is 0 Å². The standard InChI is InChI=1S/C14H18N3O3P/c1-14(19)7-8-21(20,12-5-3-2-4-6-12)13(14)17-9-11(10-18)15-16-17/h2-6,9,13,18-19H,7-8,10H2,1H3/t13-,14-,21?/m1/s1. The molecule has 0 aliphatic carbocycles. The summed E-state index contributed by atoms with van der Waals surface area (Å²) >= 11 is 0. The van der Waals surface area contributed by atoms with E-state index in [-0.39, 0.29) is 6.61 Å². The fraction of sp³-hybridized carbons (Fsp3) is 0.429. The van der Waals surface area contributed by atoms with Gasteiger partial charge in [-0.3, -0.25) is 0 Å². The molecule has 1 unspecified atom stereocenters. The molecule has 2 heterocycles. The Morgan fingerprint density at radius 1 is 1.43 bits per heavy atom. The van der Waals surface area contributed by atoms with E-state index in [0.29, 0.717) is 18.3 Å². The lowest BCUT2D eigenvalue weighted by Crippen LogP contribution is -2.33. The third kappa shape index (κ3) is 2.33. The van der Waals surface area contributed by atoms with Gasteiger partial charge in [0.1, 0.15) is 18.6 Å². The lowest BCUT2D eigenvalue weighted by Gasteiger charge is -2.29. The molecule has 0 radical (unpaired) electrons. The van der Waals surface area contributed by atoms with Gasteiger partial charge in [-0.1, -0.05) is 35.5 Å². The van der Waals surface area contributed by atoms with E-state index < -0.39 is 18.5 Å². The van der Waals surface area contributed by atoms with Crippen LogP contribution in [0.3, 0.4) is 0 Å². The highest BCUT2D eigenvalue weighted by molar-refractivity contribution is 7.72. The zero-order chi connectivity index (χ0) is 15.1. The van der Waals surface area contributed by atoms with Gasteiger partial charge in [0.05, 0.1) is 18.4 Å². The van der Waals surface area contributed by atoms with E-state index in [1.807, 2.05) is 30.3 Å². The first-order valence-electron chi connectivity index (χ1n) is 6.86. The highest BCUT2D eigenvalue weighted by Crippen LogP contribution is 2.66. The van der Waals surface area contributed by atoms with Gasteiger partial charge in [-0.25, -0.2) is 4.68 Å². The van der Waals surface area contributed by atoms with Gasteiger partial charge in [0.25, 0.3) is 0 Å². The average Bonchev–Trinajstić information content (AvgIpc) is 3.03. The number of nitrogens with zero attached hydrogens (tertiary/aromatic N) is 3. The first-order valence-corrected chi connectivity index (χ1v) is 8.82. The number of aliphatic hydroxyl groups is 2. The van der Waals surface area contributed by atoms with Crippen molar-refractivity contribution < 1.29 is 14.8 Å². The van der Waals surface area contributed by atoms with Crippen molar-refractivity contribution in [3.8, 4) is 0 Å². The Balaban J connectivity index is 2.10. The van der Waals surface area contributed by atoms with Crippen molar-refractivity contribution in [3.63, 3.8) is 0 Å². The monoisotopic (exact) mass is 307 g/mol. The number of aromatic nitrogens is 3. The number of rotatable bonds is 3. The molecule has 2 N–H and O–H groups in total. The molecule has 21 heavy (non-hydrogen) atoms. The van der Waals surface area contributed by atoms with E-state index in [1.165, 1.54) is 4.68 Å². The van der Waals surface area contributed by atoms with Crippen molar-refractivity contribution in [1.29, 1.82) is 0 Å².